The lowest BCUT2D eigenvalue weighted by molar-refractivity contribution is -0.132. The van der Waals surface area contributed by atoms with Crippen molar-refractivity contribution in [3.8, 4) is 5.75 Å². The van der Waals surface area contributed by atoms with E-state index >= 15 is 0 Å². The van der Waals surface area contributed by atoms with Gasteiger partial charge in [0.15, 0.2) is 9.84 Å². The van der Waals surface area contributed by atoms with Crippen molar-refractivity contribution in [3.05, 3.63) is 24.3 Å². The summed E-state index contributed by atoms with van der Waals surface area (Å²) in [7, 11) is -3.20. The highest BCUT2D eigenvalue weighted by atomic mass is 32.2. The number of piperidine rings is 1. The van der Waals surface area contributed by atoms with Gasteiger partial charge in [0.2, 0.25) is 5.91 Å². The molecule has 6 nitrogen and oxygen atoms in total. The maximum Gasteiger partial charge on any atom is 0.226 e. The van der Waals surface area contributed by atoms with E-state index in [0.29, 0.717) is 18.7 Å². The van der Waals surface area contributed by atoms with Crippen molar-refractivity contribution in [2.75, 3.05) is 26.0 Å². The zero-order chi connectivity index (χ0) is 16.2. The molecular formula is C15H22N2O4S. The van der Waals surface area contributed by atoms with Crippen LogP contribution in [0.3, 0.4) is 0 Å². The molecule has 1 heterocycles. The van der Waals surface area contributed by atoms with Crippen molar-refractivity contribution in [2.24, 2.45) is 5.73 Å². The zero-order valence-corrected chi connectivity index (χ0v) is 13.5. The van der Waals surface area contributed by atoms with Gasteiger partial charge in [-0.25, -0.2) is 8.42 Å². The Bertz CT molecular complexity index is 613. The highest BCUT2D eigenvalue weighted by Gasteiger charge is 2.20. The number of rotatable bonds is 5. The summed E-state index contributed by atoms with van der Waals surface area (Å²) in [6, 6.07) is 6.25. The number of carbonyl (C=O) groups is 1. The number of hydrogen-bond donors (Lipinski definition) is 1. The molecule has 2 N–H and O–H groups in total. The van der Waals surface area contributed by atoms with Crippen LogP contribution < -0.4 is 10.5 Å². The predicted molar refractivity (Wildman–Crippen MR) is 83.5 cm³/mol. The Morgan fingerprint density at radius 2 is 2.05 bits per heavy atom. The normalized spacial score (nSPS) is 19.0. The van der Waals surface area contributed by atoms with Crippen LogP contribution in [0.25, 0.3) is 0 Å². The predicted octanol–water partition coefficient (Wildman–Crippen LogP) is 0.809. The second-order valence-electron chi connectivity index (χ2n) is 5.58. The van der Waals surface area contributed by atoms with Crippen molar-refractivity contribution in [1.29, 1.82) is 0 Å². The Hall–Kier alpha value is -1.60. The van der Waals surface area contributed by atoms with E-state index in [-0.39, 0.29) is 23.5 Å². The van der Waals surface area contributed by atoms with E-state index in [1.807, 2.05) is 0 Å². The van der Waals surface area contributed by atoms with Crippen LogP contribution in [-0.4, -0.2) is 51.2 Å². The zero-order valence-electron chi connectivity index (χ0n) is 12.7. The molecule has 0 radical (unpaired) electrons. The van der Waals surface area contributed by atoms with Crippen molar-refractivity contribution in [2.45, 2.75) is 30.2 Å². The molecule has 122 valence electrons. The highest BCUT2D eigenvalue weighted by Crippen LogP contribution is 2.16. The Kier molecular flexibility index (Phi) is 5.42. The minimum atomic E-state index is -3.20. The van der Waals surface area contributed by atoms with Crippen LogP contribution in [0.2, 0.25) is 0 Å². The first kappa shape index (κ1) is 16.8. The van der Waals surface area contributed by atoms with Crippen LogP contribution in [0.15, 0.2) is 29.2 Å². The lowest BCUT2D eigenvalue weighted by Gasteiger charge is -2.30. The summed E-state index contributed by atoms with van der Waals surface area (Å²) in [5.74, 6) is 0.596. The Morgan fingerprint density at radius 1 is 1.36 bits per heavy atom. The first-order valence-electron chi connectivity index (χ1n) is 7.32. The third-order valence-corrected chi connectivity index (χ3v) is 4.78. The second kappa shape index (κ2) is 7.11. The Morgan fingerprint density at radius 3 is 2.64 bits per heavy atom. The monoisotopic (exact) mass is 326 g/mol. The largest absolute Gasteiger partial charge is 0.493 e. The molecule has 1 aliphatic heterocycles. The molecule has 2 rings (SSSR count). The number of sulfone groups is 1. The van der Waals surface area contributed by atoms with Crippen molar-refractivity contribution in [1.82, 2.24) is 4.90 Å². The van der Waals surface area contributed by atoms with E-state index in [0.717, 1.165) is 25.6 Å². The number of carbonyl (C=O) groups excluding carboxylic acids is 1. The molecule has 1 aromatic carbocycles. The van der Waals surface area contributed by atoms with E-state index in [2.05, 4.69) is 0 Å². The van der Waals surface area contributed by atoms with Crippen LogP contribution in [0, 0.1) is 0 Å². The standard InChI is InChI=1S/C15H22N2O4S/c1-22(19,20)14-6-4-13(5-7-14)21-10-8-15(18)17-9-2-3-12(16)11-17/h4-7,12H,2-3,8-11,16H2,1H3/t12-/m1/s1. The molecule has 0 saturated carbocycles. The Labute approximate surface area is 131 Å². The van der Waals surface area contributed by atoms with Gasteiger partial charge >= 0.3 is 0 Å². The van der Waals surface area contributed by atoms with E-state index in [1.165, 1.54) is 12.1 Å². The van der Waals surface area contributed by atoms with Gasteiger partial charge in [-0.2, -0.15) is 0 Å². The fourth-order valence-corrected chi connectivity index (χ4v) is 3.06. The number of likely N-dealkylation sites (tertiary alicyclic amines) is 1. The molecule has 7 heteroatoms. The van der Waals surface area contributed by atoms with Crippen LogP contribution in [0.5, 0.6) is 5.75 Å². The molecule has 1 saturated heterocycles. The third kappa shape index (κ3) is 4.71. The molecule has 1 amide bonds. The highest BCUT2D eigenvalue weighted by molar-refractivity contribution is 7.90. The number of ether oxygens (including phenoxy) is 1. The van der Waals surface area contributed by atoms with Gasteiger partial charge < -0.3 is 15.4 Å². The van der Waals surface area contributed by atoms with Crippen LogP contribution in [0.1, 0.15) is 19.3 Å². The maximum absolute atomic E-state index is 12.0. The fourth-order valence-electron chi connectivity index (χ4n) is 2.43. The molecule has 1 fully saturated rings. The summed E-state index contributed by atoms with van der Waals surface area (Å²) in [4.78, 5) is 14.1. The smallest absolute Gasteiger partial charge is 0.226 e. The summed E-state index contributed by atoms with van der Waals surface area (Å²) >= 11 is 0. The number of nitrogens with zero attached hydrogens (tertiary/aromatic N) is 1. The quantitative estimate of drug-likeness (QED) is 0.865. The fraction of sp³-hybridized carbons (Fsp3) is 0.533. The first-order valence-corrected chi connectivity index (χ1v) is 9.21. The number of nitrogens with two attached hydrogens (primary N) is 1. The number of hydrogen-bond acceptors (Lipinski definition) is 5. The molecule has 22 heavy (non-hydrogen) atoms. The van der Waals surface area contributed by atoms with Gasteiger partial charge in [-0.1, -0.05) is 0 Å². The van der Waals surface area contributed by atoms with Gasteiger partial charge in [0.05, 0.1) is 17.9 Å². The number of amides is 1. The van der Waals surface area contributed by atoms with Gasteiger partial charge in [0, 0.05) is 25.4 Å². The Balaban J connectivity index is 1.80. The second-order valence-corrected chi connectivity index (χ2v) is 7.60. The molecule has 0 spiro atoms. The molecule has 1 atom stereocenters. The van der Waals surface area contributed by atoms with E-state index in [9.17, 15) is 13.2 Å². The van der Waals surface area contributed by atoms with Crippen LogP contribution >= 0.6 is 0 Å². The summed E-state index contributed by atoms with van der Waals surface area (Å²) < 4.78 is 28.2. The van der Waals surface area contributed by atoms with Crippen molar-refractivity contribution < 1.29 is 17.9 Å². The van der Waals surface area contributed by atoms with Crippen LogP contribution in [-0.2, 0) is 14.6 Å². The summed E-state index contributed by atoms with van der Waals surface area (Å²) in [5, 5.41) is 0. The SMILES string of the molecule is CS(=O)(=O)c1ccc(OCCC(=O)N2CCC[C@@H](N)C2)cc1. The van der Waals surface area contributed by atoms with Crippen LogP contribution in [0.4, 0.5) is 0 Å². The molecular weight excluding hydrogens is 304 g/mol. The van der Waals surface area contributed by atoms with Crippen molar-refractivity contribution in [3.63, 3.8) is 0 Å². The van der Waals surface area contributed by atoms with E-state index in [4.69, 9.17) is 10.5 Å². The van der Waals surface area contributed by atoms with Gasteiger partial charge in [-0.05, 0) is 37.1 Å². The molecule has 0 unspecified atom stereocenters. The number of benzene rings is 1. The van der Waals surface area contributed by atoms with E-state index in [1.54, 1.807) is 17.0 Å². The van der Waals surface area contributed by atoms with E-state index < -0.39 is 9.84 Å². The van der Waals surface area contributed by atoms with Gasteiger partial charge in [-0.15, -0.1) is 0 Å². The van der Waals surface area contributed by atoms with Crippen molar-refractivity contribution >= 4 is 15.7 Å². The molecule has 0 aliphatic carbocycles. The molecule has 0 bridgehead atoms. The molecule has 0 aromatic heterocycles. The minimum absolute atomic E-state index is 0.0444. The summed E-state index contributed by atoms with van der Waals surface area (Å²) in [6.45, 7) is 1.64. The lowest BCUT2D eigenvalue weighted by atomic mass is 10.1. The maximum atomic E-state index is 12.0. The minimum Gasteiger partial charge on any atom is -0.493 e. The average Bonchev–Trinajstić information content (AvgIpc) is 2.47. The van der Waals surface area contributed by atoms with Gasteiger partial charge in [-0.3, -0.25) is 4.79 Å². The molecule has 1 aromatic rings. The third-order valence-electron chi connectivity index (χ3n) is 3.65. The van der Waals surface area contributed by atoms with Gasteiger partial charge in [0.1, 0.15) is 5.75 Å². The molecule has 1 aliphatic rings. The van der Waals surface area contributed by atoms with Gasteiger partial charge in [0.25, 0.3) is 0 Å². The summed E-state index contributed by atoms with van der Waals surface area (Å²) in [5.41, 5.74) is 5.86. The lowest BCUT2D eigenvalue weighted by Crippen LogP contribution is -2.46. The topological polar surface area (TPSA) is 89.7 Å². The average molecular weight is 326 g/mol. The first-order chi connectivity index (χ1) is 10.4. The summed E-state index contributed by atoms with van der Waals surface area (Å²) in [6.07, 6.45) is 3.36.